The van der Waals surface area contributed by atoms with Crippen molar-refractivity contribution in [3.8, 4) is 33.8 Å². The Labute approximate surface area is 257 Å². The fourth-order valence-electron chi connectivity index (χ4n) is 4.18. The standard InChI is InChI=1S/C36H34O6S/c1-3-11-35(37)41-23-21-39-33-19-17-29(25-31(33)27-13-7-5-8-14-27)43-30-18-20-34(40-22-24-42-36(38)12-4-2)32(26-30)28-15-9-6-10-16-28/h3-20,25-26H,21-24H2,1-2H3. The Morgan fingerprint density at radius 3 is 1.40 bits per heavy atom. The van der Waals surface area contributed by atoms with Crippen molar-refractivity contribution in [2.75, 3.05) is 26.4 Å². The van der Waals surface area contributed by atoms with Crippen molar-refractivity contribution in [3.05, 3.63) is 121 Å². The number of hydrogen-bond acceptors (Lipinski definition) is 7. The zero-order valence-electron chi connectivity index (χ0n) is 24.2. The molecular weight excluding hydrogens is 560 g/mol. The van der Waals surface area contributed by atoms with Crippen molar-refractivity contribution in [1.29, 1.82) is 0 Å². The van der Waals surface area contributed by atoms with Crippen LogP contribution >= 0.6 is 11.8 Å². The first kappa shape index (κ1) is 31.2. The fourth-order valence-corrected chi connectivity index (χ4v) is 5.07. The minimum absolute atomic E-state index is 0.156. The van der Waals surface area contributed by atoms with Gasteiger partial charge in [-0.15, -0.1) is 0 Å². The number of carbonyl (C=O) groups is 2. The van der Waals surface area contributed by atoms with Crippen LogP contribution in [0.25, 0.3) is 22.3 Å². The van der Waals surface area contributed by atoms with Crippen molar-refractivity contribution in [2.45, 2.75) is 23.6 Å². The Balaban J connectivity index is 1.53. The summed E-state index contributed by atoms with van der Waals surface area (Å²) in [4.78, 5) is 25.3. The maximum absolute atomic E-state index is 11.6. The van der Waals surface area contributed by atoms with Crippen LogP contribution in [0.4, 0.5) is 0 Å². The highest BCUT2D eigenvalue weighted by Gasteiger charge is 2.13. The second-order valence-electron chi connectivity index (χ2n) is 9.18. The van der Waals surface area contributed by atoms with Gasteiger partial charge in [0.1, 0.15) is 37.9 Å². The third kappa shape index (κ3) is 9.65. The first-order valence-corrected chi connectivity index (χ1v) is 14.8. The van der Waals surface area contributed by atoms with Crippen LogP contribution in [0, 0.1) is 0 Å². The van der Waals surface area contributed by atoms with Gasteiger partial charge in [-0.25, -0.2) is 9.59 Å². The average Bonchev–Trinajstić information content (AvgIpc) is 3.03. The smallest absolute Gasteiger partial charge is 0.330 e. The highest BCUT2D eigenvalue weighted by atomic mass is 32.2. The zero-order valence-corrected chi connectivity index (χ0v) is 25.0. The van der Waals surface area contributed by atoms with Gasteiger partial charge in [-0.05, 0) is 61.4 Å². The number of ether oxygens (including phenoxy) is 4. The van der Waals surface area contributed by atoms with Gasteiger partial charge in [-0.2, -0.15) is 0 Å². The van der Waals surface area contributed by atoms with Crippen LogP contribution in [0.15, 0.2) is 131 Å². The molecule has 4 aromatic carbocycles. The van der Waals surface area contributed by atoms with Crippen molar-refractivity contribution in [1.82, 2.24) is 0 Å². The molecule has 6 nitrogen and oxygen atoms in total. The molecule has 0 aliphatic heterocycles. The Morgan fingerprint density at radius 2 is 1.00 bits per heavy atom. The molecule has 0 aliphatic carbocycles. The van der Waals surface area contributed by atoms with Crippen molar-refractivity contribution < 1.29 is 28.5 Å². The summed E-state index contributed by atoms with van der Waals surface area (Å²) in [6, 6.07) is 32.2. The van der Waals surface area contributed by atoms with E-state index in [4.69, 9.17) is 18.9 Å². The molecule has 0 radical (unpaired) electrons. The highest BCUT2D eigenvalue weighted by molar-refractivity contribution is 7.99. The normalized spacial score (nSPS) is 11.0. The van der Waals surface area contributed by atoms with Crippen molar-refractivity contribution in [2.24, 2.45) is 0 Å². The van der Waals surface area contributed by atoms with Crippen LogP contribution in [0.5, 0.6) is 11.5 Å². The van der Waals surface area contributed by atoms with Gasteiger partial charge in [0.05, 0.1) is 0 Å². The third-order valence-corrected chi connectivity index (χ3v) is 7.06. The number of rotatable bonds is 14. The van der Waals surface area contributed by atoms with E-state index in [0.29, 0.717) is 11.5 Å². The largest absolute Gasteiger partial charge is 0.489 e. The van der Waals surface area contributed by atoms with Gasteiger partial charge in [0.15, 0.2) is 0 Å². The number of allylic oxidation sites excluding steroid dienone is 2. The molecule has 43 heavy (non-hydrogen) atoms. The van der Waals surface area contributed by atoms with Crippen LogP contribution in [-0.4, -0.2) is 38.4 Å². The van der Waals surface area contributed by atoms with Crippen molar-refractivity contribution >= 4 is 23.7 Å². The van der Waals surface area contributed by atoms with E-state index < -0.39 is 0 Å². The van der Waals surface area contributed by atoms with Crippen LogP contribution in [0.3, 0.4) is 0 Å². The van der Waals surface area contributed by atoms with Gasteiger partial charge in [0.25, 0.3) is 0 Å². The van der Waals surface area contributed by atoms with E-state index in [9.17, 15) is 9.59 Å². The predicted octanol–water partition coefficient (Wildman–Crippen LogP) is 8.17. The van der Waals surface area contributed by atoms with E-state index in [1.807, 2.05) is 84.9 Å². The van der Waals surface area contributed by atoms with Gasteiger partial charge in [-0.3, -0.25) is 0 Å². The van der Waals surface area contributed by atoms with Crippen LogP contribution in [0.1, 0.15) is 13.8 Å². The molecule has 0 atom stereocenters. The first-order chi connectivity index (χ1) is 21.1. The molecule has 0 aromatic heterocycles. The topological polar surface area (TPSA) is 71.1 Å². The molecule has 220 valence electrons. The lowest BCUT2D eigenvalue weighted by Gasteiger charge is -2.15. The number of benzene rings is 4. The maximum Gasteiger partial charge on any atom is 0.330 e. The summed E-state index contributed by atoms with van der Waals surface area (Å²) in [6.45, 7) is 4.33. The fraction of sp³-hybridized carbons (Fsp3) is 0.167. The molecule has 0 fully saturated rings. The number of hydrogen-bond donors (Lipinski definition) is 0. The van der Waals surface area contributed by atoms with Gasteiger partial charge in [-0.1, -0.05) is 84.6 Å². The molecule has 0 bridgehead atoms. The van der Waals surface area contributed by atoms with Crippen molar-refractivity contribution in [3.63, 3.8) is 0 Å². The number of carbonyl (C=O) groups excluding carboxylic acids is 2. The molecule has 7 heteroatoms. The predicted molar refractivity (Wildman–Crippen MR) is 170 cm³/mol. The summed E-state index contributed by atoms with van der Waals surface area (Å²) < 4.78 is 22.4. The minimum Gasteiger partial charge on any atom is -0.489 e. The molecule has 0 unspecified atom stereocenters. The average molecular weight is 595 g/mol. The lowest BCUT2D eigenvalue weighted by molar-refractivity contribution is -0.139. The van der Waals surface area contributed by atoms with E-state index in [2.05, 4.69) is 12.1 Å². The Hall–Kier alpha value is -4.75. The third-order valence-electron chi connectivity index (χ3n) is 6.08. The second-order valence-corrected chi connectivity index (χ2v) is 10.3. The molecule has 0 saturated carbocycles. The number of esters is 2. The van der Waals surface area contributed by atoms with Crippen LogP contribution in [0.2, 0.25) is 0 Å². The van der Waals surface area contributed by atoms with Gasteiger partial charge in [0, 0.05) is 33.1 Å². The van der Waals surface area contributed by atoms with E-state index in [0.717, 1.165) is 32.0 Å². The van der Waals surface area contributed by atoms with E-state index in [1.54, 1.807) is 37.8 Å². The van der Waals surface area contributed by atoms with Crippen LogP contribution < -0.4 is 9.47 Å². The Morgan fingerprint density at radius 1 is 0.581 bits per heavy atom. The molecule has 0 N–H and O–H groups in total. The van der Waals surface area contributed by atoms with E-state index in [1.165, 1.54) is 12.2 Å². The first-order valence-electron chi connectivity index (χ1n) is 14.0. The zero-order chi connectivity index (χ0) is 30.3. The highest BCUT2D eigenvalue weighted by Crippen LogP contribution is 2.40. The summed E-state index contributed by atoms with van der Waals surface area (Å²) in [5, 5.41) is 0. The SMILES string of the molecule is CC=CC(=O)OCCOc1ccc(Sc2ccc(OCCOC(=O)C=CC)c(-c3ccccc3)c2)cc1-c1ccccc1. The molecule has 0 saturated heterocycles. The van der Waals surface area contributed by atoms with E-state index in [-0.39, 0.29) is 38.4 Å². The summed E-state index contributed by atoms with van der Waals surface area (Å²) in [6.07, 6.45) is 6.04. The maximum atomic E-state index is 11.6. The monoisotopic (exact) mass is 594 g/mol. The van der Waals surface area contributed by atoms with Gasteiger partial charge >= 0.3 is 11.9 Å². The molecule has 0 aliphatic rings. The lowest BCUT2D eigenvalue weighted by atomic mass is 10.0. The quantitative estimate of drug-likeness (QED) is 0.0828. The summed E-state index contributed by atoms with van der Waals surface area (Å²) >= 11 is 1.63. The molecule has 0 amide bonds. The molecule has 4 rings (SSSR count). The molecule has 0 spiro atoms. The molecular formula is C36H34O6S. The van der Waals surface area contributed by atoms with E-state index >= 15 is 0 Å². The summed E-state index contributed by atoms with van der Waals surface area (Å²) in [5.74, 6) is 0.642. The van der Waals surface area contributed by atoms with Crippen LogP contribution in [-0.2, 0) is 19.1 Å². The Kier molecular flexibility index (Phi) is 12.1. The van der Waals surface area contributed by atoms with Gasteiger partial charge in [0.2, 0.25) is 0 Å². The minimum atomic E-state index is -0.389. The summed E-state index contributed by atoms with van der Waals surface area (Å²) in [5.41, 5.74) is 3.94. The van der Waals surface area contributed by atoms with Gasteiger partial charge < -0.3 is 18.9 Å². The molecule has 4 aromatic rings. The summed E-state index contributed by atoms with van der Waals surface area (Å²) in [7, 11) is 0. The second kappa shape index (κ2) is 16.6. The molecule has 0 heterocycles. The Bertz CT molecular complexity index is 1430. The lowest BCUT2D eigenvalue weighted by Crippen LogP contribution is -2.10.